The van der Waals surface area contributed by atoms with Crippen molar-refractivity contribution in [2.45, 2.75) is 56.6 Å². The molecule has 3 aliphatic rings. The highest BCUT2D eigenvalue weighted by atomic mass is 16.3. The van der Waals surface area contributed by atoms with Crippen molar-refractivity contribution in [3.8, 4) is 11.4 Å². The van der Waals surface area contributed by atoms with Gasteiger partial charge in [-0.3, -0.25) is 9.79 Å². The molecule has 1 saturated heterocycles. The Kier molecular flexibility index (Phi) is 6.58. The minimum absolute atomic E-state index is 0.218. The van der Waals surface area contributed by atoms with Gasteiger partial charge in [0.2, 0.25) is 5.43 Å². The zero-order chi connectivity index (χ0) is 24.4. The Labute approximate surface area is 206 Å². The largest absolute Gasteiger partial charge is 0.503 e. The number of rotatable bonds is 5. The maximum absolute atomic E-state index is 12.4. The number of aromatic nitrogens is 1. The van der Waals surface area contributed by atoms with Crippen LogP contribution in [-0.4, -0.2) is 39.2 Å². The van der Waals surface area contributed by atoms with Crippen LogP contribution in [0.1, 0.15) is 49.8 Å². The Bertz CT molecular complexity index is 1270. The molecule has 1 fully saturated rings. The number of benzene rings is 1. The van der Waals surface area contributed by atoms with Crippen molar-refractivity contribution in [3.05, 3.63) is 94.1 Å². The topological polar surface area (TPSA) is 86.8 Å². The summed E-state index contributed by atoms with van der Waals surface area (Å²) in [6, 6.07) is 9.56. The number of nitrogens with one attached hydrogen (secondary N) is 1. The first-order valence-electron chi connectivity index (χ1n) is 12.5. The summed E-state index contributed by atoms with van der Waals surface area (Å²) in [6.45, 7) is 3.04. The van der Waals surface area contributed by atoms with Crippen LogP contribution in [0, 0.1) is 5.92 Å². The molecule has 0 saturated carbocycles. The van der Waals surface area contributed by atoms with Gasteiger partial charge in [0.1, 0.15) is 0 Å². The molecule has 0 spiro atoms. The lowest BCUT2D eigenvalue weighted by Gasteiger charge is -2.41. The molecule has 3 N–H and O–H groups in total. The summed E-state index contributed by atoms with van der Waals surface area (Å²) in [5.41, 5.74) is 2.66. The number of allylic oxidation sites excluding steroid dienone is 4. The number of aliphatic imine (C=N–C) groups is 1. The van der Waals surface area contributed by atoms with Gasteiger partial charge in [0.25, 0.3) is 0 Å². The molecule has 0 amide bonds. The van der Waals surface area contributed by atoms with Crippen LogP contribution in [0.2, 0.25) is 0 Å². The van der Waals surface area contributed by atoms with Crippen molar-refractivity contribution in [2.75, 3.05) is 6.54 Å². The SMILES string of the molecule is CC12NCCCCC1C=NC=C2C(O)Cc1cc(=O)c(O)cn1-c1cccc(C2C=CC=CC2)c1. The van der Waals surface area contributed by atoms with Gasteiger partial charge in [-0.2, -0.15) is 0 Å². The molecular weight excluding hydrogens is 438 g/mol. The Hall–Kier alpha value is -3.22. The van der Waals surface area contributed by atoms with Crippen molar-refractivity contribution in [3.63, 3.8) is 0 Å². The van der Waals surface area contributed by atoms with Gasteiger partial charge in [-0.15, -0.1) is 0 Å². The predicted octanol–water partition coefficient (Wildman–Crippen LogP) is 4.16. The first-order valence-corrected chi connectivity index (χ1v) is 12.5. The highest BCUT2D eigenvalue weighted by Crippen LogP contribution is 2.36. The van der Waals surface area contributed by atoms with E-state index in [2.05, 4.69) is 53.7 Å². The van der Waals surface area contributed by atoms with Crippen molar-refractivity contribution in [1.29, 1.82) is 0 Å². The number of aliphatic hydroxyl groups is 1. The minimum atomic E-state index is -0.824. The molecule has 35 heavy (non-hydrogen) atoms. The van der Waals surface area contributed by atoms with E-state index < -0.39 is 11.5 Å². The van der Waals surface area contributed by atoms with Gasteiger partial charge < -0.3 is 20.1 Å². The van der Waals surface area contributed by atoms with Crippen LogP contribution in [0.3, 0.4) is 0 Å². The third-order valence-corrected chi connectivity index (χ3v) is 7.68. The lowest BCUT2D eigenvalue weighted by Crippen LogP contribution is -2.54. The Morgan fingerprint density at radius 3 is 2.97 bits per heavy atom. The standard InChI is InChI=1S/C29H33N3O3/c1-29-22(11-5-6-13-31-29)17-30-18-25(29)26(33)15-24-16-27(34)28(35)19-32(24)23-12-7-10-21(14-23)20-8-3-2-4-9-20/h2-4,7-8,10,12,14,16-20,22,26,31,33,35H,5-6,9,11,13,15H2,1H3. The molecule has 4 unspecified atom stereocenters. The van der Waals surface area contributed by atoms with Crippen LogP contribution in [-0.2, 0) is 6.42 Å². The van der Waals surface area contributed by atoms with E-state index in [4.69, 9.17) is 0 Å². The zero-order valence-corrected chi connectivity index (χ0v) is 20.1. The lowest BCUT2D eigenvalue weighted by molar-refractivity contribution is 0.173. The third-order valence-electron chi connectivity index (χ3n) is 7.68. The normalized spacial score (nSPS) is 26.6. The highest BCUT2D eigenvalue weighted by molar-refractivity contribution is 5.67. The van der Waals surface area contributed by atoms with E-state index in [-0.39, 0.29) is 29.5 Å². The van der Waals surface area contributed by atoms with Crippen LogP contribution in [0.5, 0.6) is 5.75 Å². The van der Waals surface area contributed by atoms with E-state index in [0.29, 0.717) is 5.69 Å². The fourth-order valence-electron chi connectivity index (χ4n) is 5.59. The van der Waals surface area contributed by atoms with Crippen molar-refractivity contribution >= 4 is 6.21 Å². The van der Waals surface area contributed by atoms with Crippen LogP contribution >= 0.6 is 0 Å². The maximum Gasteiger partial charge on any atom is 0.223 e. The van der Waals surface area contributed by atoms with E-state index >= 15 is 0 Å². The Balaban J connectivity index is 1.49. The van der Waals surface area contributed by atoms with Crippen molar-refractivity contribution < 1.29 is 10.2 Å². The van der Waals surface area contributed by atoms with Crippen LogP contribution in [0.15, 0.2) is 82.4 Å². The summed E-state index contributed by atoms with van der Waals surface area (Å²) in [6.07, 6.45) is 17.3. The van der Waals surface area contributed by atoms with Crippen molar-refractivity contribution in [2.24, 2.45) is 10.9 Å². The fraction of sp³-hybridized carbons (Fsp3) is 0.379. The van der Waals surface area contributed by atoms with Gasteiger partial charge in [0.15, 0.2) is 5.75 Å². The Morgan fingerprint density at radius 1 is 1.26 bits per heavy atom. The van der Waals surface area contributed by atoms with E-state index in [1.165, 1.54) is 12.3 Å². The molecule has 6 nitrogen and oxygen atoms in total. The zero-order valence-electron chi connectivity index (χ0n) is 20.1. The fourth-order valence-corrected chi connectivity index (χ4v) is 5.59. The molecule has 182 valence electrons. The summed E-state index contributed by atoms with van der Waals surface area (Å²) in [7, 11) is 0. The van der Waals surface area contributed by atoms with E-state index in [9.17, 15) is 15.0 Å². The van der Waals surface area contributed by atoms with Crippen molar-refractivity contribution in [1.82, 2.24) is 9.88 Å². The smallest absolute Gasteiger partial charge is 0.223 e. The molecule has 6 heteroatoms. The minimum Gasteiger partial charge on any atom is -0.503 e. The molecule has 2 aromatic rings. The molecule has 1 aliphatic carbocycles. The summed E-state index contributed by atoms with van der Waals surface area (Å²) in [5.74, 6) is 0.189. The van der Waals surface area contributed by atoms with E-state index in [0.717, 1.165) is 49.1 Å². The monoisotopic (exact) mass is 471 g/mol. The number of aliphatic hydroxyl groups excluding tert-OH is 1. The van der Waals surface area contributed by atoms with Crippen LogP contribution < -0.4 is 10.7 Å². The molecule has 0 bridgehead atoms. The average molecular weight is 472 g/mol. The van der Waals surface area contributed by atoms with Crippen LogP contribution in [0.25, 0.3) is 5.69 Å². The lowest BCUT2D eigenvalue weighted by atomic mass is 9.74. The van der Waals surface area contributed by atoms with Gasteiger partial charge in [0, 0.05) is 53.7 Å². The van der Waals surface area contributed by atoms with Gasteiger partial charge >= 0.3 is 0 Å². The summed E-state index contributed by atoms with van der Waals surface area (Å²) < 4.78 is 1.82. The average Bonchev–Trinajstić information content (AvgIpc) is 3.07. The summed E-state index contributed by atoms with van der Waals surface area (Å²) in [5, 5.41) is 25.3. The number of fused-ring (bicyclic) bond motifs is 1. The number of aromatic hydroxyl groups is 1. The van der Waals surface area contributed by atoms with Gasteiger partial charge in [-0.25, -0.2) is 0 Å². The van der Waals surface area contributed by atoms with E-state index in [1.54, 1.807) is 6.20 Å². The highest BCUT2D eigenvalue weighted by Gasteiger charge is 2.41. The number of hydrogen-bond donors (Lipinski definition) is 3. The van der Waals surface area contributed by atoms with Gasteiger partial charge in [-0.05, 0) is 56.0 Å². The van der Waals surface area contributed by atoms with E-state index in [1.807, 2.05) is 22.9 Å². The first-order chi connectivity index (χ1) is 17.0. The Morgan fingerprint density at radius 2 is 2.14 bits per heavy atom. The number of hydrogen-bond acceptors (Lipinski definition) is 5. The molecule has 0 radical (unpaired) electrons. The van der Waals surface area contributed by atoms with Crippen LogP contribution in [0.4, 0.5) is 0 Å². The molecule has 1 aromatic carbocycles. The third kappa shape index (κ3) is 4.68. The quantitative estimate of drug-likeness (QED) is 0.611. The molecule has 3 heterocycles. The predicted molar refractivity (Wildman–Crippen MR) is 139 cm³/mol. The molecule has 4 atom stereocenters. The molecular formula is C29H33N3O3. The number of nitrogens with zero attached hydrogens (tertiary/aromatic N) is 2. The molecule has 5 rings (SSSR count). The number of pyridine rings is 1. The molecule has 2 aliphatic heterocycles. The van der Waals surface area contributed by atoms with Gasteiger partial charge in [0.05, 0.1) is 12.3 Å². The second-order valence-corrected chi connectivity index (χ2v) is 9.97. The first kappa shape index (κ1) is 23.5. The maximum atomic E-state index is 12.4. The second kappa shape index (κ2) is 9.80. The molecule has 1 aromatic heterocycles. The second-order valence-electron chi connectivity index (χ2n) is 9.97. The summed E-state index contributed by atoms with van der Waals surface area (Å²) in [4.78, 5) is 16.9. The summed E-state index contributed by atoms with van der Waals surface area (Å²) >= 11 is 0. The van der Waals surface area contributed by atoms with Gasteiger partial charge in [-0.1, -0.05) is 42.9 Å².